The summed E-state index contributed by atoms with van der Waals surface area (Å²) in [6.07, 6.45) is 12.2. The molecule has 1 nitrogen and oxygen atoms in total. The second-order valence-corrected chi connectivity index (χ2v) is 3.36. The van der Waals surface area contributed by atoms with Crippen molar-refractivity contribution in [2.75, 3.05) is 20.1 Å². The first kappa shape index (κ1) is 12.4. The SMILES string of the molecule is CCC=CC=CCCN(C)CCC. The van der Waals surface area contributed by atoms with Crippen LogP contribution in [0.4, 0.5) is 0 Å². The van der Waals surface area contributed by atoms with Crippen molar-refractivity contribution in [3.05, 3.63) is 24.3 Å². The van der Waals surface area contributed by atoms with Crippen LogP contribution in [-0.2, 0) is 0 Å². The first-order chi connectivity index (χ1) is 6.31. The largest absolute Gasteiger partial charge is 0.306 e. The molecule has 0 aromatic heterocycles. The first-order valence-electron chi connectivity index (χ1n) is 5.31. The van der Waals surface area contributed by atoms with E-state index in [2.05, 4.69) is 50.1 Å². The van der Waals surface area contributed by atoms with Gasteiger partial charge in [-0.25, -0.2) is 0 Å². The van der Waals surface area contributed by atoms with Gasteiger partial charge in [0, 0.05) is 6.54 Å². The molecule has 0 aromatic rings. The van der Waals surface area contributed by atoms with Crippen molar-refractivity contribution < 1.29 is 0 Å². The number of hydrogen-bond acceptors (Lipinski definition) is 1. The Morgan fingerprint density at radius 2 is 1.69 bits per heavy atom. The quantitative estimate of drug-likeness (QED) is 0.545. The van der Waals surface area contributed by atoms with Crippen LogP contribution in [0.15, 0.2) is 24.3 Å². The molecule has 0 aliphatic rings. The Bertz CT molecular complexity index is 147. The Hall–Kier alpha value is -0.560. The third kappa shape index (κ3) is 9.35. The summed E-state index contributed by atoms with van der Waals surface area (Å²) in [5, 5.41) is 0. The van der Waals surface area contributed by atoms with Gasteiger partial charge < -0.3 is 4.90 Å². The van der Waals surface area contributed by atoms with E-state index in [1.165, 1.54) is 19.5 Å². The molecule has 0 radical (unpaired) electrons. The lowest BCUT2D eigenvalue weighted by Gasteiger charge is -2.13. The smallest absolute Gasteiger partial charge is 0.00130 e. The van der Waals surface area contributed by atoms with E-state index in [1.54, 1.807) is 0 Å². The number of rotatable bonds is 7. The normalized spacial score (nSPS) is 12.3. The Balaban J connectivity index is 3.33. The van der Waals surface area contributed by atoms with Gasteiger partial charge in [0.1, 0.15) is 0 Å². The highest BCUT2D eigenvalue weighted by molar-refractivity contribution is 5.01. The van der Waals surface area contributed by atoms with Crippen LogP contribution in [0.3, 0.4) is 0 Å². The van der Waals surface area contributed by atoms with E-state index >= 15 is 0 Å². The number of allylic oxidation sites excluding steroid dienone is 3. The summed E-state index contributed by atoms with van der Waals surface area (Å²) in [6.45, 7) is 6.75. The van der Waals surface area contributed by atoms with E-state index in [0.717, 1.165) is 12.8 Å². The maximum Gasteiger partial charge on any atom is 0.00130 e. The van der Waals surface area contributed by atoms with Gasteiger partial charge in [0.2, 0.25) is 0 Å². The molecule has 0 saturated heterocycles. The second kappa shape index (κ2) is 9.53. The predicted molar refractivity (Wildman–Crippen MR) is 61.0 cm³/mol. The summed E-state index contributed by atoms with van der Waals surface area (Å²) in [7, 11) is 2.18. The topological polar surface area (TPSA) is 3.24 Å². The van der Waals surface area contributed by atoms with Gasteiger partial charge >= 0.3 is 0 Å². The van der Waals surface area contributed by atoms with Gasteiger partial charge in [-0.1, -0.05) is 38.2 Å². The molecule has 13 heavy (non-hydrogen) atoms. The third-order valence-corrected chi connectivity index (χ3v) is 1.90. The molecule has 0 saturated carbocycles. The molecule has 0 heterocycles. The minimum Gasteiger partial charge on any atom is -0.306 e. The molecule has 0 rings (SSSR count). The Kier molecular flexibility index (Phi) is 9.12. The van der Waals surface area contributed by atoms with Gasteiger partial charge in [-0.05, 0) is 32.9 Å². The molecule has 0 atom stereocenters. The highest BCUT2D eigenvalue weighted by Gasteiger charge is 1.91. The number of hydrogen-bond donors (Lipinski definition) is 0. The van der Waals surface area contributed by atoms with Crippen LogP contribution in [0.25, 0.3) is 0 Å². The molecule has 0 amide bonds. The molecule has 0 aliphatic carbocycles. The summed E-state index contributed by atoms with van der Waals surface area (Å²) >= 11 is 0. The van der Waals surface area contributed by atoms with Gasteiger partial charge in [-0.2, -0.15) is 0 Å². The first-order valence-corrected chi connectivity index (χ1v) is 5.31. The van der Waals surface area contributed by atoms with Gasteiger partial charge in [0.25, 0.3) is 0 Å². The maximum atomic E-state index is 2.37. The minimum atomic E-state index is 1.13. The molecule has 1 heteroatoms. The fraction of sp³-hybridized carbons (Fsp3) is 0.667. The van der Waals surface area contributed by atoms with Gasteiger partial charge in [0.05, 0.1) is 0 Å². The van der Waals surface area contributed by atoms with Crippen LogP contribution in [0, 0.1) is 0 Å². The summed E-state index contributed by atoms with van der Waals surface area (Å²) in [5.41, 5.74) is 0. The average Bonchev–Trinajstić information content (AvgIpc) is 2.11. The van der Waals surface area contributed by atoms with Gasteiger partial charge in [0.15, 0.2) is 0 Å². The van der Waals surface area contributed by atoms with Crippen molar-refractivity contribution >= 4 is 0 Å². The fourth-order valence-electron chi connectivity index (χ4n) is 1.18. The van der Waals surface area contributed by atoms with E-state index < -0.39 is 0 Å². The molecule has 0 N–H and O–H groups in total. The molecule has 76 valence electrons. The van der Waals surface area contributed by atoms with Gasteiger partial charge in [-0.3, -0.25) is 0 Å². The zero-order chi connectivity index (χ0) is 9.94. The molecular formula is C12H23N. The Morgan fingerprint density at radius 3 is 2.31 bits per heavy atom. The second-order valence-electron chi connectivity index (χ2n) is 3.36. The average molecular weight is 181 g/mol. The lowest BCUT2D eigenvalue weighted by molar-refractivity contribution is 0.341. The molecule has 0 aliphatic heterocycles. The van der Waals surface area contributed by atoms with Crippen LogP contribution in [0.2, 0.25) is 0 Å². The van der Waals surface area contributed by atoms with E-state index in [9.17, 15) is 0 Å². The van der Waals surface area contributed by atoms with Crippen LogP contribution in [-0.4, -0.2) is 25.0 Å². The molecule has 0 spiro atoms. The van der Waals surface area contributed by atoms with E-state index in [0.29, 0.717) is 0 Å². The van der Waals surface area contributed by atoms with Crippen molar-refractivity contribution in [1.82, 2.24) is 4.90 Å². The molecule has 0 bridgehead atoms. The van der Waals surface area contributed by atoms with Crippen molar-refractivity contribution in [2.45, 2.75) is 33.1 Å². The maximum absolute atomic E-state index is 2.37. The minimum absolute atomic E-state index is 1.13. The summed E-state index contributed by atoms with van der Waals surface area (Å²) < 4.78 is 0. The van der Waals surface area contributed by atoms with Crippen LogP contribution >= 0.6 is 0 Å². The molecule has 0 aromatic carbocycles. The Labute approximate surface area is 83.1 Å². The van der Waals surface area contributed by atoms with Crippen molar-refractivity contribution in [3.63, 3.8) is 0 Å². The summed E-state index contributed by atoms with van der Waals surface area (Å²) in [5.74, 6) is 0. The molecule has 0 unspecified atom stereocenters. The summed E-state index contributed by atoms with van der Waals surface area (Å²) in [4.78, 5) is 2.37. The summed E-state index contributed by atoms with van der Waals surface area (Å²) in [6, 6.07) is 0. The lowest BCUT2D eigenvalue weighted by Crippen LogP contribution is -2.19. The van der Waals surface area contributed by atoms with Gasteiger partial charge in [-0.15, -0.1) is 0 Å². The van der Waals surface area contributed by atoms with Crippen LogP contribution in [0.5, 0.6) is 0 Å². The Morgan fingerprint density at radius 1 is 1.00 bits per heavy atom. The van der Waals surface area contributed by atoms with E-state index in [-0.39, 0.29) is 0 Å². The standard InChI is InChI=1S/C12H23N/c1-4-6-7-8-9-10-12-13(3)11-5-2/h6-9H,4-5,10-12H2,1-3H3. The molecule has 0 fully saturated rings. The lowest BCUT2D eigenvalue weighted by atomic mass is 10.3. The zero-order valence-corrected chi connectivity index (χ0v) is 9.29. The van der Waals surface area contributed by atoms with Crippen molar-refractivity contribution in [3.8, 4) is 0 Å². The fourth-order valence-corrected chi connectivity index (χ4v) is 1.18. The third-order valence-electron chi connectivity index (χ3n) is 1.90. The zero-order valence-electron chi connectivity index (χ0n) is 9.29. The molecular weight excluding hydrogens is 158 g/mol. The van der Waals surface area contributed by atoms with E-state index in [4.69, 9.17) is 0 Å². The van der Waals surface area contributed by atoms with Crippen molar-refractivity contribution in [1.29, 1.82) is 0 Å². The highest BCUT2D eigenvalue weighted by atomic mass is 15.1. The predicted octanol–water partition coefficient (Wildman–Crippen LogP) is 3.24. The monoisotopic (exact) mass is 181 g/mol. The van der Waals surface area contributed by atoms with Crippen LogP contribution < -0.4 is 0 Å². The highest BCUT2D eigenvalue weighted by Crippen LogP contribution is 1.91. The van der Waals surface area contributed by atoms with Crippen LogP contribution in [0.1, 0.15) is 33.1 Å². The number of nitrogens with zero attached hydrogens (tertiary/aromatic N) is 1. The van der Waals surface area contributed by atoms with E-state index in [1.807, 2.05) is 0 Å². The van der Waals surface area contributed by atoms with Crippen molar-refractivity contribution in [2.24, 2.45) is 0 Å².